The molecule has 1 nitrogen and oxygen atoms in total. The van der Waals surface area contributed by atoms with E-state index in [0.29, 0.717) is 16.2 Å². The van der Waals surface area contributed by atoms with Gasteiger partial charge in [-0.2, -0.15) is 0 Å². The molecule has 0 bridgehead atoms. The van der Waals surface area contributed by atoms with E-state index in [1.807, 2.05) is 12.3 Å². The van der Waals surface area contributed by atoms with E-state index in [1.165, 1.54) is 56.9 Å². The molecule has 1 saturated carbocycles. The summed E-state index contributed by atoms with van der Waals surface area (Å²) in [5.41, 5.74) is 6.19. The summed E-state index contributed by atoms with van der Waals surface area (Å²) >= 11 is 0. The molecular formula is C42H69N. The van der Waals surface area contributed by atoms with Crippen molar-refractivity contribution in [2.75, 3.05) is 6.54 Å². The van der Waals surface area contributed by atoms with Crippen LogP contribution in [0.5, 0.6) is 0 Å². The summed E-state index contributed by atoms with van der Waals surface area (Å²) < 4.78 is 0. The molecule has 2 rings (SSSR count). The van der Waals surface area contributed by atoms with Crippen molar-refractivity contribution in [1.82, 2.24) is 0 Å². The van der Waals surface area contributed by atoms with Crippen LogP contribution >= 0.6 is 0 Å². The normalized spacial score (nSPS) is 25.9. The van der Waals surface area contributed by atoms with Gasteiger partial charge in [-0.25, -0.2) is 0 Å². The Morgan fingerprint density at radius 2 is 1.63 bits per heavy atom. The molecule has 2 aliphatic carbocycles. The molecule has 0 saturated heterocycles. The molecule has 2 aliphatic rings. The molecule has 1 fully saturated rings. The van der Waals surface area contributed by atoms with E-state index < -0.39 is 0 Å². The number of nitrogens with zero attached hydrogens (tertiary/aromatic N) is 1. The van der Waals surface area contributed by atoms with Crippen LogP contribution in [0.15, 0.2) is 76.4 Å². The van der Waals surface area contributed by atoms with Gasteiger partial charge in [-0.3, -0.25) is 4.99 Å². The molecule has 0 aliphatic heterocycles. The lowest BCUT2D eigenvalue weighted by Gasteiger charge is -2.51. The molecule has 0 aromatic heterocycles. The van der Waals surface area contributed by atoms with E-state index in [1.54, 1.807) is 11.1 Å². The summed E-state index contributed by atoms with van der Waals surface area (Å²) in [5, 5.41) is 0. The zero-order chi connectivity index (χ0) is 32.4. The summed E-state index contributed by atoms with van der Waals surface area (Å²) in [6.45, 7) is 29.6. The fourth-order valence-electron chi connectivity index (χ4n) is 7.28. The Kier molecular flexibility index (Phi) is 13.8. The minimum Gasteiger partial charge on any atom is -0.293 e. The molecular weight excluding hydrogens is 518 g/mol. The molecule has 0 heterocycles. The lowest BCUT2D eigenvalue weighted by molar-refractivity contribution is 0.0270. The first-order chi connectivity index (χ1) is 19.9. The number of hydrogen-bond donors (Lipinski definition) is 0. The lowest BCUT2D eigenvalue weighted by Crippen LogP contribution is -2.42. The van der Waals surface area contributed by atoms with Crippen LogP contribution in [-0.4, -0.2) is 12.8 Å². The molecule has 0 aromatic rings. The summed E-state index contributed by atoms with van der Waals surface area (Å²) in [6, 6.07) is 0. The van der Waals surface area contributed by atoms with Crippen molar-refractivity contribution in [3.05, 3.63) is 71.4 Å². The molecule has 0 aromatic carbocycles. The molecule has 0 N–H and O–H groups in total. The summed E-state index contributed by atoms with van der Waals surface area (Å²) in [5.74, 6) is 0.725. The van der Waals surface area contributed by atoms with Crippen LogP contribution in [0.1, 0.15) is 147 Å². The Bertz CT molecular complexity index is 1090. The first-order valence-corrected chi connectivity index (χ1v) is 17.5. The SMILES string of the molecule is CC1=C(CCC(C)(C)C/C=C/C(C)(C)CCN=C/C=C/C=C/C=C(C)/C=C/C2(C)C(C)CCCC2(C)C)C(C)(C)CCC1. The molecule has 0 spiro atoms. The third-order valence-corrected chi connectivity index (χ3v) is 11.4. The summed E-state index contributed by atoms with van der Waals surface area (Å²) in [4.78, 5) is 4.65. The van der Waals surface area contributed by atoms with E-state index in [4.69, 9.17) is 0 Å². The quantitative estimate of drug-likeness (QED) is 0.109. The Labute approximate surface area is 268 Å². The van der Waals surface area contributed by atoms with Gasteiger partial charge in [-0.1, -0.05) is 141 Å². The minimum absolute atomic E-state index is 0.166. The van der Waals surface area contributed by atoms with Crippen LogP contribution in [0, 0.1) is 33.0 Å². The van der Waals surface area contributed by atoms with Gasteiger partial charge in [-0.15, -0.1) is 0 Å². The van der Waals surface area contributed by atoms with E-state index in [9.17, 15) is 0 Å². The van der Waals surface area contributed by atoms with Crippen molar-refractivity contribution in [2.45, 2.75) is 147 Å². The van der Waals surface area contributed by atoms with Gasteiger partial charge < -0.3 is 0 Å². The maximum Gasteiger partial charge on any atom is 0.0397 e. The summed E-state index contributed by atoms with van der Waals surface area (Å²) in [7, 11) is 0. The molecule has 242 valence electrons. The first-order valence-electron chi connectivity index (χ1n) is 17.5. The van der Waals surface area contributed by atoms with Crippen LogP contribution < -0.4 is 0 Å². The predicted octanol–water partition coefficient (Wildman–Crippen LogP) is 13.2. The molecule has 43 heavy (non-hydrogen) atoms. The fourth-order valence-corrected chi connectivity index (χ4v) is 7.28. The Morgan fingerprint density at radius 1 is 0.930 bits per heavy atom. The van der Waals surface area contributed by atoms with E-state index in [2.05, 4.69) is 137 Å². The molecule has 0 radical (unpaired) electrons. The number of hydrogen-bond acceptors (Lipinski definition) is 1. The van der Waals surface area contributed by atoms with Crippen LogP contribution in [0.25, 0.3) is 0 Å². The third kappa shape index (κ3) is 11.9. The van der Waals surface area contributed by atoms with Crippen LogP contribution in [0.3, 0.4) is 0 Å². The highest BCUT2D eigenvalue weighted by Crippen LogP contribution is 2.54. The number of aliphatic imine (C=N–C) groups is 1. The monoisotopic (exact) mass is 588 g/mol. The average molecular weight is 588 g/mol. The standard InChI is InChI=1S/C42H69N/c1-34(23-30-42(12)36(3)22-18-28-41(42,10)11)20-15-13-14-16-32-43-33-31-39(6,7)26-19-25-38(4,5)29-24-37-35(2)21-17-27-40(37,8)9/h13-16,19-20,23,26,30,32,36H,17-18,21-22,24-25,27-29,31,33H2,1-12H3/b15-13+,16-14+,26-19+,30-23+,34-20+,43-32?. The fraction of sp³-hybridized carbons (Fsp3) is 0.690. The van der Waals surface area contributed by atoms with Gasteiger partial charge in [0.15, 0.2) is 0 Å². The smallest absolute Gasteiger partial charge is 0.0397 e. The zero-order valence-corrected chi connectivity index (χ0v) is 30.6. The molecule has 0 amide bonds. The second kappa shape index (κ2) is 15.9. The van der Waals surface area contributed by atoms with Gasteiger partial charge in [0.05, 0.1) is 0 Å². The summed E-state index contributed by atoms with van der Waals surface area (Å²) in [6.07, 6.45) is 34.9. The van der Waals surface area contributed by atoms with Gasteiger partial charge in [0.2, 0.25) is 0 Å². The Hall–Kier alpha value is -1.89. The highest BCUT2D eigenvalue weighted by molar-refractivity contribution is 5.71. The van der Waals surface area contributed by atoms with Gasteiger partial charge >= 0.3 is 0 Å². The van der Waals surface area contributed by atoms with Crippen LogP contribution in [-0.2, 0) is 0 Å². The maximum atomic E-state index is 4.65. The Balaban J connectivity index is 1.75. The average Bonchev–Trinajstić information content (AvgIpc) is 2.88. The lowest BCUT2D eigenvalue weighted by atomic mass is 9.54. The highest BCUT2D eigenvalue weighted by Gasteiger charge is 2.45. The van der Waals surface area contributed by atoms with Gasteiger partial charge in [-0.05, 0) is 111 Å². The predicted molar refractivity (Wildman–Crippen MR) is 195 cm³/mol. The van der Waals surface area contributed by atoms with E-state index >= 15 is 0 Å². The Morgan fingerprint density at radius 3 is 2.30 bits per heavy atom. The topological polar surface area (TPSA) is 12.4 Å². The van der Waals surface area contributed by atoms with Crippen molar-refractivity contribution in [1.29, 1.82) is 0 Å². The van der Waals surface area contributed by atoms with Crippen molar-refractivity contribution in [3.63, 3.8) is 0 Å². The van der Waals surface area contributed by atoms with Crippen LogP contribution in [0.2, 0.25) is 0 Å². The van der Waals surface area contributed by atoms with Gasteiger partial charge in [0, 0.05) is 12.8 Å². The van der Waals surface area contributed by atoms with Crippen molar-refractivity contribution in [2.24, 2.45) is 38.0 Å². The molecule has 2 unspecified atom stereocenters. The molecule has 2 atom stereocenters. The van der Waals surface area contributed by atoms with Crippen LogP contribution in [0.4, 0.5) is 0 Å². The minimum atomic E-state index is 0.166. The van der Waals surface area contributed by atoms with Gasteiger partial charge in [0.1, 0.15) is 0 Å². The van der Waals surface area contributed by atoms with E-state index in [-0.39, 0.29) is 10.8 Å². The maximum absolute atomic E-state index is 4.65. The number of allylic oxidation sites excluding steroid dienone is 12. The highest BCUT2D eigenvalue weighted by atomic mass is 14.7. The number of rotatable bonds is 14. The van der Waals surface area contributed by atoms with Gasteiger partial charge in [0.25, 0.3) is 0 Å². The van der Waals surface area contributed by atoms with Crippen molar-refractivity contribution >= 4 is 6.21 Å². The van der Waals surface area contributed by atoms with Crippen molar-refractivity contribution in [3.8, 4) is 0 Å². The van der Waals surface area contributed by atoms with E-state index in [0.717, 1.165) is 25.3 Å². The third-order valence-electron chi connectivity index (χ3n) is 11.4. The molecule has 1 heteroatoms. The first kappa shape index (κ1) is 37.3. The van der Waals surface area contributed by atoms with Crippen molar-refractivity contribution < 1.29 is 0 Å². The second-order valence-corrected chi connectivity index (χ2v) is 17.0. The second-order valence-electron chi connectivity index (χ2n) is 17.0. The zero-order valence-electron chi connectivity index (χ0n) is 30.6. The largest absolute Gasteiger partial charge is 0.293 e.